The van der Waals surface area contributed by atoms with Gasteiger partial charge in [-0.2, -0.15) is 0 Å². The van der Waals surface area contributed by atoms with Crippen LogP contribution < -0.4 is 4.74 Å². The first kappa shape index (κ1) is 19.8. The highest BCUT2D eigenvalue weighted by Gasteiger charge is 2.23. The molecule has 1 atom stereocenters. The molecule has 1 unspecified atom stereocenters. The highest BCUT2D eigenvalue weighted by atomic mass is 32.1. The van der Waals surface area contributed by atoms with Gasteiger partial charge in [0, 0.05) is 43.2 Å². The van der Waals surface area contributed by atoms with E-state index in [4.69, 9.17) is 9.47 Å². The lowest BCUT2D eigenvalue weighted by atomic mass is 10.1. The smallest absolute Gasteiger partial charge is 0.253 e. The van der Waals surface area contributed by atoms with Gasteiger partial charge >= 0.3 is 0 Å². The summed E-state index contributed by atoms with van der Waals surface area (Å²) in [4.78, 5) is 17.8. The maximum atomic E-state index is 12.6. The third-order valence-electron chi connectivity index (χ3n) is 4.60. The van der Waals surface area contributed by atoms with Crippen molar-refractivity contribution in [2.75, 3.05) is 46.4 Å². The van der Waals surface area contributed by atoms with E-state index in [-0.39, 0.29) is 5.91 Å². The molecule has 2 heterocycles. The number of amides is 1. The molecule has 0 bridgehead atoms. The number of methoxy groups -OCH3 is 1. The predicted octanol–water partition coefficient (Wildman–Crippen LogP) is 2.09. The Bertz CT molecular complexity index is 697. The van der Waals surface area contributed by atoms with E-state index in [0.717, 1.165) is 23.7 Å². The Morgan fingerprint density at radius 2 is 1.93 bits per heavy atom. The van der Waals surface area contributed by atoms with Crippen LogP contribution in [0.25, 0.3) is 0 Å². The van der Waals surface area contributed by atoms with E-state index >= 15 is 0 Å². The summed E-state index contributed by atoms with van der Waals surface area (Å²) in [5.74, 6) is 0.781. The average molecular weight is 391 g/mol. The summed E-state index contributed by atoms with van der Waals surface area (Å²) in [6.07, 6.45) is -0.520. The third kappa shape index (κ3) is 5.77. The Morgan fingerprint density at radius 3 is 2.56 bits per heavy atom. The number of rotatable bonds is 8. The molecular weight excluding hydrogens is 364 g/mol. The predicted molar refractivity (Wildman–Crippen MR) is 105 cm³/mol. The summed E-state index contributed by atoms with van der Waals surface area (Å²) in [7, 11) is 1.61. The minimum absolute atomic E-state index is 0.0390. The zero-order valence-electron chi connectivity index (χ0n) is 15.5. The number of hydrogen-bond donors (Lipinski definition) is 1. The monoisotopic (exact) mass is 390 g/mol. The fraction of sp³-hybridized carbons (Fsp3) is 0.450. The van der Waals surface area contributed by atoms with Gasteiger partial charge in [0.05, 0.1) is 26.4 Å². The second-order valence-electron chi connectivity index (χ2n) is 6.57. The van der Waals surface area contributed by atoms with E-state index in [1.165, 1.54) is 0 Å². The second kappa shape index (κ2) is 9.85. The molecule has 1 amide bonds. The Labute approximate surface area is 163 Å². The highest BCUT2D eigenvalue weighted by Crippen LogP contribution is 2.15. The molecule has 1 aliphatic heterocycles. The third-order valence-corrected chi connectivity index (χ3v) is 5.45. The molecule has 0 aliphatic carbocycles. The van der Waals surface area contributed by atoms with Gasteiger partial charge in [-0.25, -0.2) is 0 Å². The van der Waals surface area contributed by atoms with Crippen LogP contribution in [-0.2, 0) is 11.3 Å². The van der Waals surface area contributed by atoms with Gasteiger partial charge in [-0.3, -0.25) is 9.69 Å². The zero-order valence-corrected chi connectivity index (χ0v) is 16.4. The Hall–Kier alpha value is -1.93. The molecule has 6 nitrogen and oxygen atoms in total. The molecule has 0 spiro atoms. The summed E-state index contributed by atoms with van der Waals surface area (Å²) in [6, 6.07) is 11.2. The maximum Gasteiger partial charge on any atom is 0.253 e. The zero-order chi connectivity index (χ0) is 19.1. The van der Waals surface area contributed by atoms with Crippen molar-refractivity contribution in [2.24, 2.45) is 0 Å². The van der Waals surface area contributed by atoms with Crippen LogP contribution in [0.15, 0.2) is 41.8 Å². The summed E-state index contributed by atoms with van der Waals surface area (Å²) in [5, 5.41) is 12.2. The maximum absolute atomic E-state index is 12.6. The van der Waals surface area contributed by atoms with Crippen LogP contribution in [0.1, 0.15) is 15.2 Å². The molecule has 146 valence electrons. The minimum atomic E-state index is -0.520. The molecule has 2 aromatic rings. The Morgan fingerprint density at radius 1 is 1.19 bits per heavy atom. The van der Waals surface area contributed by atoms with E-state index in [2.05, 4.69) is 4.90 Å². The fourth-order valence-corrected chi connectivity index (χ4v) is 3.73. The van der Waals surface area contributed by atoms with Crippen molar-refractivity contribution in [2.45, 2.75) is 12.7 Å². The van der Waals surface area contributed by atoms with E-state index in [1.54, 1.807) is 42.7 Å². The molecule has 1 aromatic heterocycles. The van der Waals surface area contributed by atoms with E-state index in [1.807, 2.05) is 22.4 Å². The number of carbonyl (C=O) groups excluding carboxylic acids is 1. The number of benzene rings is 1. The SMILES string of the molecule is COc1ccc(C(=O)N2CCN(CC(O)COCc3cccs3)CC2)cc1. The van der Waals surface area contributed by atoms with E-state index in [0.29, 0.717) is 38.4 Å². The highest BCUT2D eigenvalue weighted by molar-refractivity contribution is 7.09. The Kier molecular flexibility index (Phi) is 7.23. The lowest BCUT2D eigenvalue weighted by molar-refractivity contribution is 0.00270. The first-order valence-electron chi connectivity index (χ1n) is 9.09. The van der Waals surface area contributed by atoms with Crippen LogP contribution >= 0.6 is 11.3 Å². The second-order valence-corrected chi connectivity index (χ2v) is 7.60. The number of carbonyl (C=O) groups is 1. The van der Waals surface area contributed by atoms with Crippen LogP contribution in [0.4, 0.5) is 0 Å². The summed E-state index contributed by atoms with van der Waals surface area (Å²) in [5.41, 5.74) is 0.672. The van der Waals surface area contributed by atoms with Crippen molar-refractivity contribution in [3.8, 4) is 5.75 Å². The van der Waals surface area contributed by atoms with Crippen LogP contribution in [0, 0.1) is 0 Å². The van der Waals surface area contributed by atoms with Crippen molar-refractivity contribution in [1.82, 2.24) is 9.80 Å². The van der Waals surface area contributed by atoms with Crippen molar-refractivity contribution < 1.29 is 19.4 Å². The van der Waals surface area contributed by atoms with E-state index < -0.39 is 6.10 Å². The molecule has 7 heteroatoms. The van der Waals surface area contributed by atoms with Gasteiger partial charge in [0.15, 0.2) is 0 Å². The van der Waals surface area contributed by atoms with Gasteiger partial charge in [-0.05, 0) is 35.7 Å². The molecule has 1 N–H and O–H groups in total. The standard InChI is InChI=1S/C20H26N2O4S/c1-25-18-6-4-16(5-7-18)20(24)22-10-8-21(9-11-22)13-17(23)14-26-15-19-3-2-12-27-19/h2-7,12,17,23H,8-11,13-15H2,1H3. The van der Waals surface area contributed by atoms with E-state index in [9.17, 15) is 9.90 Å². The number of aliphatic hydroxyl groups excluding tert-OH is 1. The number of nitrogens with zero attached hydrogens (tertiary/aromatic N) is 2. The summed E-state index contributed by atoms with van der Waals surface area (Å²) >= 11 is 1.65. The van der Waals surface area contributed by atoms with Gasteiger partial charge in [-0.1, -0.05) is 6.07 Å². The summed E-state index contributed by atoms with van der Waals surface area (Å²) < 4.78 is 10.7. The minimum Gasteiger partial charge on any atom is -0.497 e. The molecule has 0 saturated carbocycles. The van der Waals surface area contributed by atoms with Crippen molar-refractivity contribution in [3.05, 3.63) is 52.2 Å². The molecule has 3 rings (SSSR count). The number of hydrogen-bond acceptors (Lipinski definition) is 6. The van der Waals surface area contributed by atoms with Gasteiger partial charge in [0.2, 0.25) is 0 Å². The Balaban J connectivity index is 1.38. The molecule has 27 heavy (non-hydrogen) atoms. The van der Waals surface area contributed by atoms with Gasteiger partial charge in [-0.15, -0.1) is 11.3 Å². The molecule has 0 radical (unpaired) electrons. The number of aliphatic hydroxyl groups is 1. The van der Waals surface area contributed by atoms with Gasteiger partial charge in [0.1, 0.15) is 5.75 Å². The molecular formula is C20H26N2O4S. The number of β-amino-alcohol motifs (C(OH)–C–C–N with tert-alkyl or cyclic N) is 1. The summed E-state index contributed by atoms with van der Waals surface area (Å²) in [6.45, 7) is 4.26. The molecule has 1 aromatic carbocycles. The lowest BCUT2D eigenvalue weighted by Crippen LogP contribution is -2.50. The largest absolute Gasteiger partial charge is 0.497 e. The van der Waals surface area contributed by atoms with Crippen molar-refractivity contribution >= 4 is 17.2 Å². The lowest BCUT2D eigenvalue weighted by Gasteiger charge is -2.35. The van der Waals surface area contributed by atoms with Crippen LogP contribution in [-0.4, -0.2) is 73.4 Å². The fourth-order valence-electron chi connectivity index (χ4n) is 3.09. The average Bonchev–Trinajstić information content (AvgIpc) is 3.21. The molecule has 1 saturated heterocycles. The van der Waals surface area contributed by atoms with Crippen molar-refractivity contribution in [3.63, 3.8) is 0 Å². The first-order valence-corrected chi connectivity index (χ1v) is 9.97. The van der Waals surface area contributed by atoms with Gasteiger partial charge < -0.3 is 19.5 Å². The quantitative estimate of drug-likeness (QED) is 0.748. The molecule has 1 fully saturated rings. The van der Waals surface area contributed by atoms with Gasteiger partial charge in [0.25, 0.3) is 5.91 Å². The number of thiophene rings is 1. The first-order chi connectivity index (χ1) is 13.2. The number of piperazine rings is 1. The van der Waals surface area contributed by atoms with Crippen LogP contribution in [0.2, 0.25) is 0 Å². The van der Waals surface area contributed by atoms with Crippen LogP contribution in [0.3, 0.4) is 0 Å². The van der Waals surface area contributed by atoms with Crippen molar-refractivity contribution in [1.29, 1.82) is 0 Å². The van der Waals surface area contributed by atoms with Crippen LogP contribution in [0.5, 0.6) is 5.75 Å². The molecule has 1 aliphatic rings. The topological polar surface area (TPSA) is 62.2 Å². The normalized spacial score (nSPS) is 16.3. The number of ether oxygens (including phenoxy) is 2.